The summed E-state index contributed by atoms with van der Waals surface area (Å²) in [6.45, 7) is 0.166. The molecular weight excluding hydrogens is 305 g/mol. The molecule has 21 heavy (non-hydrogen) atoms. The molecule has 0 aliphatic carbocycles. The third-order valence-corrected chi connectivity index (χ3v) is 4.82. The Labute approximate surface area is 122 Å². The number of hydrogen-bond acceptors (Lipinski definition) is 3. The van der Waals surface area contributed by atoms with Gasteiger partial charge in [-0.1, -0.05) is 0 Å². The minimum Gasteiger partial charge on any atom is -0.364 e. The van der Waals surface area contributed by atoms with Gasteiger partial charge in [0, 0.05) is 7.05 Å². The lowest BCUT2D eigenvalue weighted by Crippen LogP contribution is -2.41. The topological polar surface area (TPSA) is 36.2 Å². The third-order valence-electron chi connectivity index (χ3n) is 3.84. The minimum absolute atomic E-state index is 0.00243. The Morgan fingerprint density at radius 1 is 1.43 bits per heavy atom. The lowest BCUT2D eigenvalue weighted by molar-refractivity contribution is -0.246. The highest BCUT2D eigenvalue weighted by molar-refractivity contribution is 7.16. The van der Waals surface area contributed by atoms with Crippen LogP contribution in [0, 0.1) is 0 Å². The van der Waals surface area contributed by atoms with Gasteiger partial charge in [-0.3, -0.25) is 9.13 Å². The molecule has 0 amide bonds. The number of aryl methyl sites for hydroxylation is 1. The van der Waals surface area contributed by atoms with E-state index in [1.807, 2.05) is 11.4 Å². The second-order valence-corrected chi connectivity index (χ2v) is 6.18. The van der Waals surface area contributed by atoms with Crippen LogP contribution in [0.15, 0.2) is 16.2 Å². The number of nitrogens with zero attached hydrogens (tertiary/aromatic N) is 2. The van der Waals surface area contributed by atoms with E-state index in [1.54, 1.807) is 7.05 Å². The Balaban J connectivity index is 1.84. The van der Waals surface area contributed by atoms with Crippen LogP contribution >= 0.6 is 11.3 Å². The highest BCUT2D eigenvalue weighted by Crippen LogP contribution is 2.32. The quantitative estimate of drug-likeness (QED) is 0.853. The number of halogens is 3. The van der Waals surface area contributed by atoms with E-state index in [2.05, 4.69) is 0 Å². The van der Waals surface area contributed by atoms with Crippen molar-refractivity contribution in [1.82, 2.24) is 9.13 Å². The molecule has 1 aliphatic heterocycles. The Morgan fingerprint density at radius 3 is 2.90 bits per heavy atom. The number of hydrogen-bond donors (Lipinski definition) is 0. The largest absolute Gasteiger partial charge is 0.414 e. The van der Waals surface area contributed by atoms with Crippen molar-refractivity contribution in [1.29, 1.82) is 0 Å². The lowest BCUT2D eigenvalue weighted by Gasteiger charge is -2.31. The van der Waals surface area contributed by atoms with Gasteiger partial charge in [0.25, 0.3) is 0 Å². The summed E-state index contributed by atoms with van der Waals surface area (Å²) in [7, 11) is 1.66. The van der Waals surface area contributed by atoms with Crippen molar-refractivity contribution in [2.24, 2.45) is 7.05 Å². The van der Waals surface area contributed by atoms with Gasteiger partial charge in [0.15, 0.2) is 6.10 Å². The molecule has 0 spiro atoms. The van der Waals surface area contributed by atoms with Crippen molar-refractivity contribution in [3.63, 3.8) is 0 Å². The van der Waals surface area contributed by atoms with E-state index < -0.39 is 18.4 Å². The molecule has 0 radical (unpaired) electrons. The van der Waals surface area contributed by atoms with Gasteiger partial charge in [0.05, 0.1) is 18.2 Å². The first-order valence-electron chi connectivity index (χ1n) is 6.73. The van der Waals surface area contributed by atoms with Gasteiger partial charge >= 0.3 is 11.9 Å². The first kappa shape index (κ1) is 14.6. The van der Waals surface area contributed by atoms with E-state index in [0.717, 1.165) is 10.3 Å². The fourth-order valence-electron chi connectivity index (χ4n) is 2.78. The summed E-state index contributed by atoms with van der Waals surface area (Å²) in [5, 5.41) is 1.86. The zero-order chi connectivity index (χ0) is 15.2. The van der Waals surface area contributed by atoms with Gasteiger partial charge in [-0.05, 0) is 30.7 Å². The second kappa shape index (κ2) is 5.17. The molecule has 2 atom stereocenters. The fraction of sp³-hybridized carbons (Fsp3) is 0.615. The summed E-state index contributed by atoms with van der Waals surface area (Å²) in [5.41, 5.74) is 0.541. The van der Waals surface area contributed by atoms with Gasteiger partial charge in [0.2, 0.25) is 0 Å². The highest BCUT2D eigenvalue weighted by atomic mass is 32.1. The van der Waals surface area contributed by atoms with Crippen molar-refractivity contribution in [3.05, 3.63) is 21.9 Å². The summed E-state index contributed by atoms with van der Waals surface area (Å²) in [6.07, 6.45) is -5.62. The van der Waals surface area contributed by atoms with Crippen molar-refractivity contribution >= 4 is 21.7 Å². The van der Waals surface area contributed by atoms with Gasteiger partial charge in [-0.2, -0.15) is 13.2 Å². The maximum absolute atomic E-state index is 12.7. The van der Waals surface area contributed by atoms with Crippen LogP contribution in [0.1, 0.15) is 19.3 Å². The van der Waals surface area contributed by atoms with Gasteiger partial charge in [-0.25, -0.2) is 4.79 Å². The molecule has 1 fully saturated rings. The predicted molar refractivity (Wildman–Crippen MR) is 73.6 cm³/mol. The molecule has 0 saturated carbocycles. The molecule has 0 N–H and O–H groups in total. The summed E-state index contributed by atoms with van der Waals surface area (Å²) >= 11 is 1.44. The summed E-state index contributed by atoms with van der Waals surface area (Å²) < 4.78 is 46.4. The zero-order valence-corrected chi connectivity index (χ0v) is 12.2. The summed E-state index contributed by atoms with van der Waals surface area (Å²) in [6, 6.07) is 1.81. The molecule has 116 valence electrons. The van der Waals surface area contributed by atoms with E-state index in [-0.39, 0.29) is 18.7 Å². The Bertz CT molecular complexity index is 700. The molecule has 0 bridgehead atoms. The first-order chi connectivity index (χ1) is 9.88. The molecule has 3 rings (SSSR count). The molecular formula is C13H15F3N2O2S. The number of ether oxygens (including phenoxy) is 1. The van der Waals surface area contributed by atoms with E-state index in [9.17, 15) is 18.0 Å². The van der Waals surface area contributed by atoms with Crippen LogP contribution in [0.25, 0.3) is 10.3 Å². The number of imidazole rings is 1. The van der Waals surface area contributed by atoms with E-state index in [4.69, 9.17) is 4.74 Å². The van der Waals surface area contributed by atoms with Crippen LogP contribution in [0.5, 0.6) is 0 Å². The Morgan fingerprint density at radius 2 is 2.19 bits per heavy atom. The van der Waals surface area contributed by atoms with Crippen LogP contribution < -0.4 is 5.69 Å². The van der Waals surface area contributed by atoms with Crippen molar-refractivity contribution < 1.29 is 17.9 Å². The first-order valence-corrected chi connectivity index (χ1v) is 7.61. The van der Waals surface area contributed by atoms with E-state index >= 15 is 0 Å². The van der Waals surface area contributed by atoms with Crippen molar-refractivity contribution in [3.8, 4) is 0 Å². The molecule has 8 heteroatoms. The molecule has 1 saturated heterocycles. The smallest absolute Gasteiger partial charge is 0.364 e. The predicted octanol–water partition coefficient (Wildman–Crippen LogP) is 2.90. The van der Waals surface area contributed by atoms with Gasteiger partial charge in [0.1, 0.15) is 4.83 Å². The maximum Gasteiger partial charge on any atom is 0.414 e. The lowest BCUT2D eigenvalue weighted by atomic mass is 10.0. The fourth-order valence-corrected chi connectivity index (χ4v) is 3.64. The SMILES string of the molecule is Cn1c(=O)n(CC2CCCC(C(F)(F)F)O2)c2ccsc21. The van der Waals surface area contributed by atoms with Crippen LogP contribution in [0.3, 0.4) is 0 Å². The monoisotopic (exact) mass is 320 g/mol. The van der Waals surface area contributed by atoms with Crippen LogP contribution in [-0.2, 0) is 18.3 Å². The molecule has 3 heterocycles. The number of rotatable bonds is 2. The van der Waals surface area contributed by atoms with Gasteiger partial charge < -0.3 is 4.74 Å². The summed E-state index contributed by atoms with van der Waals surface area (Å²) in [5.74, 6) is 0. The van der Waals surface area contributed by atoms with E-state index in [1.165, 1.54) is 20.5 Å². The minimum atomic E-state index is -4.34. The van der Waals surface area contributed by atoms with Gasteiger partial charge in [-0.15, -0.1) is 11.3 Å². The molecule has 1 aliphatic rings. The number of aromatic nitrogens is 2. The average Bonchev–Trinajstić information content (AvgIpc) is 2.98. The normalized spacial score (nSPS) is 23.8. The number of alkyl halides is 3. The zero-order valence-electron chi connectivity index (χ0n) is 11.4. The molecule has 4 nitrogen and oxygen atoms in total. The summed E-state index contributed by atoms with van der Waals surface area (Å²) in [4.78, 5) is 13.0. The maximum atomic E-state index is 12.7. The van der Waals surface area contributed by atoms with Crippen LogP contribution in [0.2, 0.25) is 0 Å². The average molecular weight is 320 g/mol. The Kier molecular flexibility index (Phi) is 3.61. The number of fused-ring (bicyclic) bond motifs is 1. The van der Waals surface area contributed by atoms with Crippen LogP contribution in [0.4, 0.5) is 13.2 Å². The number of thiophene rings is 1. The van der Waals surface area contributed by atoms with Crippen molar-refractivity contribution in [2.75, 3.05) is 0 Å². The Hall–Kier alpha value is -1.28. The molecule has 2 aromatic heterocycles. The standard InChI is InChI=1S/C13H15F3N2O2S/c1-17-11-9(5-6-21-11)18(12(17)19)7-8-3-2-4-10(20-8)13(14,15)16/h5-6,8,10H,2-4,7H2,1H3. The van der Waals surface area contributed by atoms with E-state index in [0.29, 0.717) is 12.8 Å². The third kappa shape index (κ3) is 2.62. The molecule has 0 aromatic carbocycles. The van der Waals surface area contributed by atoms with Crippen molar-refractivity contribution in [2.45, 2.75) is 44.2 Å². The highest BCUT2D eigenvalue weighted by Gasteiger charge is 2.43. The second-order valence-electron chi connectivity index (χ2n) is 5.28. The van der Waals surface area contributed by atoms with Crippen LogP contribution in [-0.4, -0.2) is 27.5 Å². The molecule has 2 aromatic rings. The molecule has 2 unspecified atom stereocenters.